The van der Waals surface area contributed by atoms with Crippen molar-refractivity contribution in [3.63, 3.8) is 0 Å². The molecule has 1 heterocycles. The van der Waals surface area contributed by atoms with Crippen LogP contribution in [0.1, 0.15) is 19.5 Å². The summed E-state index contributed by atoms with van der Waals surface area (Å²) in [6, 6.07) is 7.83. The molecule has 0 radical (unpaired) electrons. The lowest BCUT2D eigenvalue weighted by atomic mass is 10.2. The van der Waals surface area contributed by atoms with Gasteiger partial charge in [0.05, 0.1) is 0 Å². The van der Waals surface area contributed by atoms with Crippen molar-refractivity contribution in [2.75, 3.05) is 0 Å². The van der Waals surface area contributed by atoms with E-state index in [-0.39, 0.29) is 0 Å². The molecule has 0 aliphatic carbocycles. The second-order valence-electron chi connectivity index (χ2n) is 2.72. The summed E-state index contributed by atoms with van der Waals surface area (Å²) in [5.74, 6) is 0. The fourth-order valence-electron chi connectivity index (χ4n) is 1.31. The molecule has 0 saturated heterocycles. The van der Waals surface area contributed by atoms with E-state index in [0.717, 1.165) is 15.4 Å². The highest BCUT2D eigenvalue weighted by atomic mass is 79.9. The molecule has 3 nitrogen and oxygen atoms in total. The summed E-state index contributed by atoms with van der Waals surface area (Å²) >= 11 is 3.39. The van der Waals surface area contributed by atoms with Crippen LogP contribution in [0.25, 0.3) is 10.9 Å². The predicted octanol–water partition coefficient (Wildman–Crippen LogP) is 3.23. The van der Waals surface area contributed by atoms with Crippen LogP contribution in [-0.4, -0.2) is 9.78 Å². The summed E-state index contributed by atoms with van der Waals surface area (Å²) in [5.41, 5.74) is 1.43. The van der Waals surface area contributed by atoms with Gasteiger partial charge in [0.2, 0.25) is 0 Å². The zero-order valence-electron chi connectivity index (χ0n) is 8.95. The summed E-state index contributed by atoms with van der Waals surface area (Å²) in [4.78, 5) is 0. The van der Waals surface area contributed by atoms with Gasteiger partial charge in [-0.3, -0.25) is 4.68 Å². The average Bonchev–Trinajstić information content (AvgIpc) is 2.59. The first-order valence-electron chi connectivity index (χ1n) is 4.75. The van der Waals surface area contributed by atoms with Crippen LogP contribution in [0.3, 0.4) is 0 Å². The van der Waals surface area contributed by atoms with Gasteiger partial charge in [0.1, 0.15) is 17.3 Å². The monoisotopic (exact) mass is 265 g/mol. The number of benzene rings is 1. The maximum atomic E-state index is 8.87. The molecule has 15 heavy (non-hydrogen) atoms. The van der Waals surface area contributed by atoms with E-state index in [0.29, 0.717) is 5.69 Å². The second-order valence-corrected chi connectivity index (χ2v) is 3.57. The van der Waals surface area contributed by atoms with Gasteiger partial charge in [-0.05, 0) is 28.1 Å². The predicted molar refractivity (Wildman–Crippen MR) is 64.5 cm³/mol. The smallest absolute Gasteiger partial charge is 0.146 e. The summed E-state index contributed by atoms with van der Waals surface area (Å²) < 4.78 is 2.51. The number of halogens is 1. The number of nitrogens with zero attached hydrogens (tertiary/aromatic N) is 3. The fraction of sp³-hybridized carbons (Fsp3) is 0.273. The third-order valence-electron chi connectivity index (χ3n) is 1.92. The van der Waals surface area contributed by atoms with Gasteiger partial charge in [-0.15, -0.1) is 0 Å². The van der Waals surface area contributed by atoms with Crippen molar-refractivity contribution in [2.24, 2.45) is 7.05 Å². The van der Waals surface area contributed by atoms with Gasteiger partial charge >= 0.3 is 0 Å². The highest BCUT2D eigenvalue weighted by molar-refractivity contribution is 9.10. The van der Waals surface area contributed by atoms with E-state index in [9.17, 15) is 0 Å². The van der Waals surface area contributed by atoms with Crippen molar-refractivity contribution >= 4 is 26.8 Å². The van der Waals surface area contributed by atoms with Gasteiger partial charge in [0, 0.05) is 16.9 Å². The molecule has 0 aliphatic rings. The third kappa shape index (κ3) is 2.02. The summed E-state index contributed by atoms with van der Waals surface area (Å²) in [5, 5.41) is 14.0. The van der Waals surface area contributed by atoms with E-state index in [2.05, 4.69) is 27.1 Å². The number of aromatic nitrogens is 2. The minimum absolute atomic E-state index is 0.594. The minimum atomic E-state index is 0.594. The Kier molecular flexibility index (Phi) is 3.87. The normalized spacial score (nSPS) is 9.27. The largest absolute Gasteiger partial charge is 0.257 e. The fourth-order valence-corrected chi connectivity index (χ4v) is 1.76. The molecule has 0 amide bonds. The molecule has 0 unspecified atom stereocenters. The molecular weight excluding hydrogens is 254 g/mol. The first-order chi connectivity index (χ1) is 7.24. The molecule has 78 valence electrons. The first-order valence-corrected chi connectivity index (χ1v) is 5.54. The Morgan fingerprint density at radius 3 is 2.67 bits per heavy atom. The van der Waals surface area contributed by atoms with Crippen LogP contribution in [0.5, 0.6) is 0 Å². The molecule has 1 aromatic carbocycles. The lowest BCUT2D eigenvalue weighted by Crippen LogP contribution is -1.92. The molecule has 2 rings (SSSR count). The Hall–Kier alpha value is -1.34. The Morgan fingerprint density at radius 2 is 2.07 bits per heavy atom. The van der Waals surface area contributed by atoms with E-state index >= 15 is 0 Å². The molecule has 0 bridgehead atoms. The van der Waals surface area contributed by atoms with Gasteiger partial charge in [-0.1, -0.05) is 19.9 Å². The highest BCUT2D eigenvalue weighted by Crippen LogP contribution is 2.24. The number of aryl methyl sites for hydroxylation is 1. The van der Waals surface area contributed by atoms with Gasteiger partial charge in [0.15, 0.2) is 0 Å². The van der Waals surface area contributed by atoms with Crippen molar-refractivity contribution in [1.29, 1.82) is 5.26 Å². The number of nitriles is 1. The average molecular weight is 266 g/mol. The van der Waals surface area contributed by atoms with E-state index in [1.807, 2.05) is 32.0 Å². The van der Waals surface area contributed by atoms with Crippen molar-refractivity contribution in [2.45, 2.75) is 13.8 Å². The van der Waals surface area contributed by atoms with Crippen LogP contribution in [0.15, 0.2) is 22.7 Å². The highest BCUT2D eigenvalue weighted by Gasteiger charge is 2.09. The first kappa shape index (κ1) is 11.7. The quantitative estimate of drug-likeness (QED) is 0.734. The lowest BCUT2D eigenvalue weighted by molar-refractivity contribution is 0.767. The van der Waals surface area contributed by atoms with Crippen molar-refractivity contribution < 1.29 is 0 Å². The van der Waals surface area contributed by atoms with Crippen LogP contribution < -0.4 is 0 Å². The molecule has 1 aromatic heterocycles. The summed E-state index contributed by atoms with van der Waals surface area (Å²) in [7, 11) is 1.77. The lowest BCUT2D eigenvalue weighted by Gasteiger charge is -1.89. The molecule has 0 atom stereocenters. The van der Waals surface area contributed by atoms with Crippen LogP contribution in [-0.2, 0) is 7.05 Å². The molecule has 0 N–H and O–H groups in total. The molecular formula is C11H12BrN3. The molecule has 0 spiro atoms. The SMILES string of the molecule is CC.Cn1nc2c(Br)cccc2c1C#N. The van der Waals surface area contributed by atoms with E-state index in [1.165, 1.54) is 0 Å². The molecule has 0 fully saturated rings. The van der Waals surface area contributed by atoms with Crippen LogP contribution >= 0.6 is 15.9 Å². The molecule has 0 saturated carbocycles. The minimum Gasteiger partial charge on any atom is -0.257 e. The van der Waals surface area contributed by atoms with Gasteiger partial charge < -0.3 is 0 Å². The zero-order valence-corrected chi connectivity index (χ0v) is 10.5. The Labute approximate surface area is 97.4 Å². The second kappa shape index (κ2) is 4.94. The zero-order chi connectivity index (χ0) is 11.4. The van der Waals surface area contributed by atoms with Crippen molar-refractivity contribution in [3.8, 4) is 6.07 Å². The van der Waals surface area contributed by atoms with Gasteiger partial charge in [0.25, 0.3) is 0 Å². The van der Waals surface area contributed by atoms with Crippen LogP contribution in [0.2, 0.25) is 0 Å². The van der Waals surface area contributed by atoms with Crippen LogP contribution in [0, 0.1) is 11.3 Å². The number of hydrogen-bond donors (Lipinski definition) is 0. The topological polar surface area (TPSA) is 41.6 Å². The van der Waals surface area contributed by atoms with E-state index in [4.69, 9.17) is 5.26 Å². The van der Waals surface area contributed by atoms with Gasteiger partial charge in [-0.25, -0.2) is 0 Å². The number of fused-ring (bicyclic) bond motifs is 1. The van der Waals surface area contributed by atoms with Gasteiger partial charge in [-0.2, -0.15) is 10.4 Å². The maximum Gasteiger partial charge on any atom is 0.146 e. The Bertz CT molecular complexity index is 508. The Morgan fingerprint density at radius 1 is 1.40 bits per heavy atom. The maximum absolute atomic E-state index is 8.87. The standard InChI is InChI=1S/C9H6BrN3.C2H6/c1-13-8(5-11)6-3-2-4-7(10)9(6)12-13;1-2/h2-4H,1H3;1-2H3. The van der Waals surface area contributed by atoms with Crippen LogP contribution in [0.4, 0.5) is 0 Å². The number of hydrogen-bond acceptors (Lipinski definition) is 2. The van der Waals surface area contributed by atoms with E-state index < -0.39 is 0 Å². The summed E-state index contributed by atoms with van der Waals surface area (Å²) in [6.45, 7) is 4.00. The Balaban J connectivity index is 0.000000531. The molecule has 2 aromatic rings. The summed E-state index contributed by atoms with van der Waals surface area (Å²) in [6.07, 6.45) is 0. The van der Waals surface area contributed by atoms with Crippen molar-refractivity contribution in [3.05, 3.63) is 28.4 Å². The molecule has 0 aliphatic heterocycles. The van der Waals surface area contributed by atoms with Crippen molar-refractivity contribution in [1.82, 2.24) is 9.78 Å². The molecule has 4 heteroatoms. The number of rotatable bonds is 0. The van der Waals surface area contributed by atoms with E-state index in [1.54, 1.807) is 11.7 Å². The third-order valence-corrected chi connectivity index (χ3v) is 2.56.